The number of likely N-dealkylation sites (tertiary alicyclic amines) is 1. The Morgan fingerprint density at radius 3 is 2.40 bits per heavy atom. The zero-order chi connectivity index (χ0) is 17.1. The number of carbonyl (C=O) groups is 1. The van der Waals surface area contributed by atoms with E-state index in [9.17, 15) is 4.79 Å². The molecule has 1 fully saturated rings. The van der Waals surface area contributed by atoms with Crippen LogP contribution in [0.2, 0.25) is 0 Å². The summed E-state index contributed by atoms with van der Waals surface area (Å²) in [5.41, 5.74) is 4.46. The summed E-state index contributed by atoms with van der Waals surface area (Å²) in [6, 6.07) is 16.5. The van der Waals surface area contributed by atoms with E-state index in [-0.39, 0.29) is 5.91 Å². The van der Waals surface area contributed by atoms with Crippen LogP contribution in [0.15, 0.2) is 48.5 Å². The van der Waals surface area contributed by atoms with Gasteiger partial charge in [-0.3, -0.25) is 9.69 Å². The van der Waals surface area contributed by atoms with Gasteiger partial charge in [-0.15, -0.1) is 0 Å². The van der Waals surface area contributed by atoms with Crippen molar-refractivity contribution in [3.05, 3.63) is 65.2 Å². The molecule has 0 atom stereocenters. The predicted molar refractivity (Wildman–Crippen MR) is 102 cm³/mol. The quantitative estimate of drug-likeness (QED) is 0.837. The van der Waals surface area contributed by atoms with Crippen LogP contribution >= 0.6 is 0 Å². The summed E-state index contributed by atoms with van der Waals surface area (Å²) in [4.78, 5) is 17.4. The number of hydrogen-bond acceptors (Lipinski definition) is 2. The first kappa shape index (κ1) is 16.3. The van der Waals surface area contributed by atoms with Crippen LogP contribution in [-0.2, 0) is 13.0 Å². The molecule has 3 heteroatoms. The van der Waals surface area contributed by atoms with E-state index in [4.69, 9.17) is 0 Å². The van der Waals surface area contributed by atoms with Crippen LogP contribution in [0, 0.1) is 0 Å². The number of para-hydroxylation sites is 1. The minimum atomic E-state index is 0.122. The lowest BCUT2D eigenvalue weighted by molar-refractivity contribution is 0.0985. The summed E-state index contributed by atoms with van der Waals surface area (Å²) in [5.74, 6) is 0.122. The van der Waals surface area contributed by atoms with Gasteiger partial charge in [-0.05, 0) is 68.1 Å². The highest BCUT2D eigenvalue weighted by molar-refractivity contribution is 6.06. The first-order valence-electron chi connectivity index (χ1n) is 9.52. The Labute approximate surface area is 150 Å². The Kier molecular flexibility index (Phi) is 4.84. The molecule has 4 rings (SSSR count). The van der Waals surface area contributed by atoms with Crippen LogP contribution in [0.3, 0.4) is 0 Å². The van der Waals surface area contributed by atoms with Crippen LogP contribution in [-0.4, -0.2) is 30.4 Å². The SMILES string of the molecule is O=C(c1ccc(CN2CCCCC2)cc1)N1CCCc2ccccc21. The maximum Gasteiger partial charge on any atom is 0.258 e. The number of anilines is 1. The molecule has 2 aliphatic heterocycles. The second-order valence-corrected chi connectivity index (χ2v) is 7.22. The number of amides is 1. The van der Waals surface area contributed by atoms with Crippen molar-refractivity contribution in [2.45, 2.75) is 38.6 Å². The fourth-order valence-corrected chi connectivity index (χ4v) is 4.03. The van der Waals surface area contributed by atoms with Gasteiger partial charge in [0, 0.05) is 24.3 Å². The van der Waals surface area contributed by atoms with Gasteiger partial charge in [-0.25, -0.2) is 0 Å². The molecular formula is C22H26N2O. The van der Waals surface area contributed by atoms with Crippen LogP contribution in [0.25, 0.3) is 0 Å². The second kappa shape index (κ2) is 7.40. The number of carbonyl (C=O) groups excluding carboxylic acids is 1. The fourth-order valence-electron chi connectivity index (χ4n) is 4.03. The van der Waals surface area contributed by atoms with Crippen LogP contribution < -0.4 is 4.90 Å². The lowest BCUT2D eigenvalue weighted by atomic mass is 10.0. The van der Waals surface area contributed by atoms with Gasteiger partial charge in [0.25, 0.3) is 5.91 Å². The summed E-state index contributed by atoms with van der Waals surface area (Å²) < 4.78 is 0. The average Bonchev–Trinajstić information content (AvgIpc) is 2.68. The van der Waals surface area contributed by atoms with Crippen molar-refractivity contribution in [3.8, 4) is 0 Å². The lowest BCUT2D eigenvalue weighted by Crippen LogP contribution is -2.35. The van der Waals surface area contributed by atoms with Gasteiger partial charge in [0.05, 0.1) is 0 Å². The van der Waals surface area contributed by atoms with Crippen LogP contribution in [0.4, 0.5) is 5.69 Å². The number of benzene rings is 2. The highest BCUT2D eigenvalue weighted by atomic mass is 16.2. The molecule has 1 saturated heterocycles. The Bertz CT molecular complexity index is 732. The lowest BCUT2D eigenvalue weighted by Gasteiger charge is -2.29. The van der Waals surface area contributed by atoms with E-state index in [1.165, 1.54) is 43.5 Å². The van der Waals surface area contributed by atoms with E-state index in [2.05, 4.69) is 35.2 Å². The molecule has 0 aliphatic carbocycles. The zero-order valence-corrected chi connectivity index (χ0v) is 14.8. The molecule has 3 nitrogen and oxygen atoms in total. The van der Waals surface area contributed by atoms with Crippen molar-refractivity contribution in [1.82, 2.24) is 4.90 Å². The molecular weight excluding hydrogens is 308 g/mol. The monoisotopic (exact) mass is 334 g/mol. The highest BCUT2D eigenvalue weighted by Gasteiger charge is 2.23. The number of piperidine rings is 1. The molecule has 2 heterocycles. The van der Waals surface area contributed by atoms with E-state index >= 15 is 0 Å². The third-order valence-corrected chi connectivity index (χ3v) is 5.41. The Balaban J connectivity index is 1.48. The van der Waals surface area contributed by atoms with Crippen LogP contribution in [0.1, 0.15) is 47.2 Å². The molecule has 1 amide bonds. The van der Waals surface area contributed by atoms with E-state index in [1.807, 2.05) is 23.1 Å². The molecule has 25 heavy (non-hydrogen) atoms. The van der Waals surface area contributed by atoms with Gasteiger partial charge in [0.2, 0.25) is 0 Å². The normalized spacial score (nSPS) is 18.0. The van der Waals surface area contributed by atoms with Crippen molar-refractivity contribution in [2.24, 2.45) is 0 Å². The number of aryl methyl sites for hydroxylation is 1. The molecule has 0 aromatic heterocycles. The first-order chi connectivity index (χ1) is 12.3. The van der Waals surface area contributed by atoms with E-state index in [0.717, 1.165) is 37.2 Å². The number of fused-ring (bicyclic) bond motifs is 1. The zero-order valence-electron chi connectivity index (χ0n) is 14.8. The summed E-state index contributed by atoms with van der Waals surface area (Å²) in [6.07, 6.45) is 6.08. The molecule has 0 N–H and O–H groups in total. The number of hydrogen-bond donors (Lipinski definition) is 0. The van der Waals surface area contributed by atoms with Gasteiger partial charge >= 0.3 is 0 Å². The van der Waals surface area contributed by atoms with Crippen molar-refractivity contribution >= 4 is 11.6 Å². The Morgan fingerprint density at radius 1 is 0.840 bits per heavy atom. The molecule has 2 aliphatic rings. The average molecular weight is 334 g/mol. The summed E-state index contributed by atoms with van der Waals surface area (Å²) in [5, 5.41) is 0. The highest BCUT2D eigenvalue weighted by Crippen LogP contribution is 2.28. The minimum absolute atomic E-state index is 0.122. The van der Waals surface area contributed by atoms with Crippen LogP contribution in [0.5, 0.6) is 0 Å². The molecule has 2 aromatic carbocycles. The molecule has 0 radical (unpaired) electrons. The largest absolute Gasteiger partial charge is 0.308 e. The number of nitrogens with zero attached hydrogens (tertiary/aromatic N) is 2. The third-order valence-electron chi connectivity index (χ3n) is 5.41. The van der Waals surface area contributed by atoms with Crippen molar-refractivity contribution < 1.29 is 4.79 Å². The van der Waals surface area contributed by atoms with Gasteiger partial charge in [-0.1, -0.05) is 36.8 Å². The van der Waals surface area contributed by atoms with Gasteiger partial charge in [0.15, 0.2) is 0 Å². The summed E-state index contributed by atoms with van der Waals surface area (Å²) >= 11 is 0. The maximum atomic E-state index is 13.0. The maximum absolute atomic E-state index is 13.0. The molecule has 0 spiro atoms. The smallest absolute Gasteiger partial charge is 0.258 e. The predicted octanol–water partition coefficient (Wildman–Crippen LogP) is 4.27. The fraction of sp³-hybridized carbons (Fsp3) is 0.409. The standard InChI is InChI=1S/C22H26N2O/c25-22(24-16-6-8-19-7-2-3-9-21(19)24)20-12-10-18(11-13-20)17-23-14-4-1-5-15-23/h2-3,7,9-13H,1,4-6,8,14-17H2. The van der Waals surface area contributed by atoms with Crippen molar-refractivity contribution in [1.29, 1.82) is 0 Å². The van der Waals surface area contributed by atoms with Gasteiger partial charge in [-0.2, -0.15) is 0 Å². The molecule has 0 unspecified atom stereocenters. The summed E-state index contributed by atoms with van der Waals surface area (Å²) in [6.45, 7) is 4.21. The minimum Gasteiger partial charge on any atom is -0.308 e. The molecule has 2 aromatic rings. The molecule has 0 bridgehead atoms. The first-order valence-corrected chi connectivity index (χ1v) is 9.52. The topological polar surface area (TPSA) is 23.6 Å². The van der Waals surface area contributed by atoms with Crippen molar-refractivity contribution in [3.63, 3.8) is 0 Å². The van der Waals surface area contributed by atoms with Crippen molar-refractivity contribution in [2.75, 3.05) is 24.5 Å². The van der Waals surface area contributed by atoms with E-state index in [0.29, 0.717) is 0 Å². The van der Waals surface area contributed by atoms with Gasteiger partial charge < -0.3 is 4.90 Å². The molecule has 0 saturated carbocycles. The molecule has 130 valence electrons. The van der Waals surface area contributed by atoms with E-state index in [1.54, 1.807) is 0 Å². The second-order valence-electron chi connectivity index (χ2n) is 7.22. The van der Waals surface area contributed by atoms with E-state index < -0.39 is 0 Å². The number of rotatable bonds is 3. The third kappa shape index (κ3) is 3.62. The Hall–Kier alpha value is -2.13. The Morgan fingerprint density at radius 2 is 1.60 bits per heavy atom. The summed E-state index contributed by atoms with van der Waals surface area (Å²) in [7, 11) is 0. The van der Waals surface area contributed by atoms with Gasteiger partial charge in [0.1, 0.15) is 0 Å².